The second-order valence-corrected chi connectivity index (χ2v) is 8.43. The predicted molar refractivity (Wildman–Crippen MR) is 114 cm³/mol. The minimum Gasteiger partial charge on any atom is -0.322 e. The zero-order valence-corrected chi connectivity index (χ0v) is 17.7. The van der Waals surface area contributed by atoms with Crippen molar-refractivity contribution in [3.8, 4) is 11.4 Å². The minimum absolute atomic E-state index is 0.0353. The van der Waals surface area contributed by atoms with Crippen molar-refractivity contribution in [3.63, 3.8) is 0 Å². The summed E-state index contributed by atoms with van der Waals surface area (Å²) in [6.45, 7) is 4.22. The molecule has 1 saturated heterocycles. The van der Waals surface area contributed by atoms with Crippen molar-refractivity contribution in [2.75, 3.05) is 5.75 Å². The van der Waals surface area contributed by atoms with Crippen LogP contribution < -0.4 is 10.7 Å². The summed E-state index contributed by atoms with van der Waals surface area (Å²) in [4.78, 5) is 41.7. The highest BCUT2D eigenvalue weighted by Gasteiger charge is 2.52. The van der Waals surface area contributed by atoms with Gasteiger partial charge in [-0.15, -0.1) is 16.8 Å². The number of urea groups is 1. The van der Waals surface area contributed by atoms with E-state index in [1.807, 2.05) is 10.6 Å². The number of carbonyl (C=O) groups is 3. The number of rotatable bonds is 7. The maximum Gasteiger partial charge on any atom is 0.344 e. The van der Waals surface area contributed by atoms with Gasteiger partial charge in [-0.3, -0.25) is 24.6 Å². The SMILES string of the molecule is C=CCn1c(SCC(=O)NN2C(=O)NC3(CCCCC3)C2=O)nnc1-c1cccnc1. The van der Waals surface area contributed by atoms with Crippen LogP contribution in [0.2, 0.25) is 0 Å². The van der Waals surface area contributed by atoms with Crippen LogP contribution in [0.25, 0.3) is 11.4 Å². The van der Waals surface area contributed by atoms with E-state index < -0.39 is 17.5 Å². The van der Waals surface area contributed by atoms with Gasteiger partial charge in [0.15, 0.2) is 11.0 Å². The van der Waals surface area contributed by atoms with E-state index in [4.69, 9.17) is 0 Å². The van der Waals surface area contributed by atoms with E-state index in [2.05, 4.69) is 32.5 Å². The highest BCUT2D eigenvalue weighted by molar-refractivity contribution is 7.99. The average molecular weight is 442 g/mol. The Hall–Kier alpha value is -3.21. The van der Waals surface area contributed by atoms with E-state index in [1.165, 1.54) is 0 Å². The van der Waals surface area contributed by atoms with Crippen LogP contribution >= 0.6 is 11.8 Å². The fourth-order valence-electron chi connectivity index (χ4n) is 3.90. The molecule has 2 fully saturated rings. The lowest BCUT2D eigenvalue weighted by molar-refractivity contribution is -0.139. The first-order valence-corrected chi connectivity index (χ1v) is 11.1. The first-order chi connectivity index (χ1) is 15.0. The molecule has 0 atom stereocenters. The van der Waals surface area contributed by atoms with E-state index in [0.717, 1.165) is 41.6 Å². The normalized spacial score (nSPS) is 17.6. The number of aromatic nitrogens is 4. The smallest absolute Gasteiger partial charge is 0.322 e. The average Bonchev–Trinajstić information content (AvgIpc) is 3.28. The quantitative estimate of drug-likeness (QED) is 0.382. The predicted octanol–water partition coefficient (Wildman–Crippen LogP) is 1.90. The molecule has 2 aliphatic rings. The number of nitrogens with one attached hydrogen (secondary N) is 2. The van der Waals surface area contributed by atoms with Crippen LogP contribution in [0.5, 0.6) is 0 Å². The molecule has 162 valence electrons. The third-order valence-electron chi connectivity index (χ3n) is 5.39. The first kappa shape index (κ1) is 21.0. The molecule has 0 unspecified atom stereocenters. The molecule has 0 radical (unpaired) electrons. The standard InChI is InChI=1S/C20H23N7O3S/c1-2-11-26-16(14-7-6-10-21-12-14)23-24-19(26)31-13-15(28)25-27-17(29)20(22-18(27)30)8-4-3-5-9-20/h2,6-7,10,12H,1,3-5,8-9,11,13H2,(H,22,30)(H,25,28). The molecule has 2 aromatic rings. The monoisotopic (exact) mass is 441 g/mol. The van der Waals surface area contributed by atoms with Gasteiger partial charge in [0.05, 0.1) is 5.75 Å². The Morgan fingerprint density at radius 1 is 1.29 bits per heavy atom. The highest BCUT2D eigenvalue weighted by Crippen LogP contribution is 2.33. The Morgan fingerprint density at radius 2 is 2.10 bits per heavy atom. The molecule has 4 rings (SSSR count). The summed E-state index contributed by atoms with van der Waals surface area (Å²) in [5, 5.41) is 12.5. The zero-order valence-electron chi connectivity index (χ0n) is 16.9. The molecule has 2 N–H and O–H groups in total. The van der Waals surface area contributed by atoms with Crippen LogP contribution in [0, 0.1) is 0 Å². The Morgan fingerprint density at radius 3 is 2.81 bits per heavy atom. The fourth-order valence-corrected chi connectivity index (χ4v) is 4.64. The number of pyridine rings is 1. The van der Waals surface area contributed by atoms with Crippen LogP contribution in [0.3, 0.4) is 0 Å². The summed E-state index contributed by atoms with van der Waals surface area (Å²) in [5.41, 5.74) is 2.35. The summed E-state index contributed by atoms with van der Waals surface area (Å²) in [5.74, 6) is -0.280. The molecule has 1 saturated carbocycles. The molecule has 0 aromatic carbocycles. The molecular weight excluding hydrogens is 418 g/mol. The maximum atomic E-state index is 12.8. The van der Waals surface area contributed by atoms with E-state index in [0.29, 0.717) is 30.4 Å². The van der Waals surface area contributed by atoms with Gasteiger partial charge in [0, 0.05) is 24.5 Å². The van der Waals surface area contributed by atoms with Crippen LogP contribution in [-0.4, -0.2) is 53.9 Å². The van der Waals surface area contributed by atoms with E-state index in [-0.39, 0.29) is 11.7 Å². The van der Waals surface area contributed by atoms with Crippen molar-refractivity contribution in [2.45, 2.75) is 49.3 Å². The highest BCUT2D eigenvalue weighted by atomic mass is 32.2. The van der Waals surface area contributed by atoms with E-state index in [1.54, 1.807) is 24.5 Å². The summed E-state index contributed by atoms with van der Waals surface area (Å²) in [6, 6.07) is 3.09. The lowest BCUT2D eigenvalue weighted by Crippen LogP contribution is -2.51. The van der Waals surface area contributed by atoms with Gasteiger partial charge in [0.25, 0.3) is 5.91 Å². The number of hydrazine groups is 1. The molecule has 11 heteroatoms. The molecule has 1 aliphatic carbocycles. The molecule has 0 bridgehead atoms. The summed E-state index contributed by atoms with van der Waals surface area (Å²) in [7, 11) is 0. The third kappa shape index (κ3) is 4.18. The molecular formula is C20H23N7O3S. The first-order valence-electron chi connectivity index (χ1n) is 10.1. The number of hydrogen-bond donors (Lipinski definition) is 2. The number of imide groups is 1. The number of hydrogen-bond acceptors (Lipinski definition) is 7. The molecule has 3 heterocycles. The largest absolute Gasteiger partial charge is 0.344 e. The van der Waals surface area contributed by atoms with E-state index in [9.17, 15) is 14.4 Å². The van der Waals surface area contributed by atoms with Crippen molar-refractivity contribution in [1.29, 1.82) is 0 Å². The van der Waals surface area contributed by atoms with Crippen LogP contribution in [0.1, 0.15) is 32.1 Å². The van der Waals surface area contributed by atoms with Crippen LogP contribution in [0.4, 0.5) is 4.79 Å². The van der Waals surface area contributed by atoms with Gasteiger partial charge in [0.2, 0.25) is 5.91 Å². The van der Waals surface area contributed by atoms with Gasteiger partial charge in [0.1, 0.15) is 5.54 Å². The second-order valence-electron chi connectivity index (χ2n) is 7.48. The number of allylic oxidation sites excluding steroid dienone is 1. The number of thioether (sulfide) groups is 1. The number of nitrogens with zero attached hydrogens (tertiary/aromatic N) is 5. The van der Waals surface area contributed by atoms with Gasteiger partial charge >= 0.3 is 6.03 Å². The van der Waals surface area contributed by atoms with Crippen molar-refractivity contribution >= 4 is 29.6 Å². The summed E-state index contributed by atoms with van der Waals surface area (Å²) in [6.07, 6.45) is 9.06. The molecule has 31 heavy (non-hydrogen) atoms. The number of carbonyl (C=O) groups excluding carboxylic acids is 3. The minimum atomic E-state index is -0.876. The summed E-state index contributed by atoms with van der Waals surface area (Å²) < 4.78 is 1.83. The summed E-state index contributed by atoms with van der Waals surface area (Å²) >= 11 is 1.16. The molecule has 1 aliphatic heterocycles. The second kappa shape index (κ2) is 8.88. The van der Waals surface area contributed by atoms with Crippen molar-refractivity contribution in [3.05, 3.63) is 37.2 Å². The lowest BCUT2D eigenvalue weighted by atomic mass is 9.82. The van der Waals surface area contributed by atoms with E-state index >= 15 is 0 Å². The van der Waals surface area contributed by atoms with Crippen LogP contribution in [0.15, 0.2) is 42.3 Å². The Labute approximate surface area is 183 Å². The number of amides is 4. The molecule has 10 nitrogen and oxygen atoms in total. The zero-order chi connectivity index (χ0) is 21.8. The van der Waals surface area contributed by atoms with Gasteiger partial charge in [-0.25, -0.2) is 4.79 Å². The molecule has 1 spiro atoms. The van der Waals surface area contributed by atoms with Crippen LogP contribution in [-0.2, 0) is 16.1 Å². The Balaban J connectivity index is 1.41. The van der Waals surface area contributed by atoms with Crippen molar-refractivity contribution < 1.29 is 14.4 Å². The van der Waals surface area contributed by atoms with Gasteiger partial charge in [-0.2, -0.15) is 5.01 Å². The third-order valence-corrected chi connectivity index (χ3v) is 6.35. The van der Waals surface area contributed by atoms with Gasteiger partial charge < -0.3 is 5.32 Å². The van der Waals surface area contributed by atoms with Crippen molar-refractivity contribution in [2.24, 2.45) is 0 Å². The lowest BCUT2D eigenvalue weighted by Gasteiger charge is -2.30. The molecule has 2 aromatic heterocycles. The topological polar surface area (TPSA) is 122 Å². The maximum absolute atomic E-state index is 12.8. The molecule has 4 amide bonds. The Bertz CT molecular complexity index is 1000. The van der Waals surface area contributed by atoms with Gasteiger partial charge in [-0.1, -0.05) is 37.1 Å². The van der Waals surface area contributed by atoms with Crippen molar-refractivity contribution in [1.82, 2.24) is 35.5 Å². The Kier molecular flexibility index (Phi) is 6.03. The van der Waals surface area contributed by atoms with Gasteiger partial charge in [-0.05, 0) is 25.0 Å². The fraction of sp³-hybridized carbons (Fsp3) is 0.400.